The summed E-state index contributed by atoms with van der Waals surface area (Å²) in [5, 5.41) is 18.6. The SMILES string of the molecule is N#Cc1cccc([C@@H]2C(C(=O)O)=C(C(F)(F)F)N=C3CCCC(=O)C32)c1. The Morgan fingerprint density at radius 2 is 2.00 bits per heavy atom. The second kappa shape index (κ2) is 6.41. The van der Waals surface area contributed by atoms with E-state index in [9.17, 15) is 27.9 Å². The number of nitriles is 1. The summed E-state index contributed by atoms with van der Waals surface area (Å²) in [5.41, 5.74) is -2.00. The zero-order valence-electron chi connectivity index (χ0n) is 13.4. The van der Waals surface area contributed by atoms with Gasteiger partial charge in [0.1, 0.15) is 5.78 Å². The predicted octanol–water partition coefficient (Wildman–Crippen LogP) is 3.37. The minimum absolute atomic E-state index is 0.0611. The van der Waals surface area contributed by atoms with Crippen molar-refractivity contribution in [3.63, 3.8) is 0 Å². The van der Waals surface area contributed by atoms with E-state index in [1.807, 2.05) is 6.07 Å². The van der Waals surface area contributed by atoms with E-state index in [0.29, 0.717) is 6.42 Å². The Morgan fingerprint density at radius 3 is 2.62 bits per heavy atom. The van der Waals surface area contributed by atoms with Gasteiger partial charge in [-0.25, -0.2) is 4.79 Å². The number of ketones is 1. The lowest BCUT2D eigenvalue weighted by molar-refractivity contribution is -0.135. The summed E-state index contributed by atoms with van der Waals surface area (Å²) >= 11 is 0. The molecule has 5 nitrogen and oxygen atoms in total. The Labute approximate surface area is 146 Å². The number of carbonyl (C=O) groups is 2. The lowest BCUT2D eigenvalue weighted by atomic mass is 9.69. The molecule has 1 aliphatic heterocycles. The highest BCUT2D eigenvalue weighted by Crippen LogP contribution is 2.46. The number of nitrogens with zero attached hydrogens (tertiary/aromatic N) is 2. The van der Waals surface area contributed by atoms with Gasteiger partial charge in [-0.15, -0.1) is 0 Å². The van der Waals surface area contributed by atoms with Gasteiger partial charge < -0.3 is 5.11 Å². The molecule has 1 aromatic carbocycles. The Morgan fingerprint density at radius 1 is 1.27 bits per heavy atom. The number of aliphatic carboxylic acids is 1. The van der Waals surface area contributed by atoms with E-state index in [1.165, 1.54) is 24.3 Å². The van der Waals surface area contributed by atoms with Gasteiger partial charge in [-0.1, -0.05) is 12.1 Å². The van der Waals surface area contributed by atoms with Crippen molar-refractivity contribution in [3.8, 4) is 6.07 Å². The first-order valence-electron chi connectivity index (χ1n) is 7.89. The van der Waals surface area contributed by atoms with Crippen LogP contribution in [0.4, 0.5) is 13.2 Å². The van der Waals surface area contributed by atoms with Crippen LogP contribution in [0.15, 0.2) is 40.5 Å². The molecule has 2 aliphatic rings. The number of hydrogen-bond donors (Lipinski definition) is 1. The van der Waals surface area contributed by atoms with Crippen LogP contribution in [0, 0.1) is 17.2 Å². The predicted molar refractivity (Wildman–Crippen MR) is 84.4 cm³/mol. The number of carboxylic acid groups (broad SMARTS) is 1. The molecule has 26 heavy (non-hydrogen) atoms. The van der Waals surface area contributed by atoms with Crippen LogP contribution in [0.25, 0.3) is 0 Å². The van der Waals surface area contributed by atoms with Crippen molar-refractivity contribution in [3.05, 3.63) is 46.7 Å². The van der Waals surface area contributed by atoms with Gasteiger partial charge in [0, 0.05) is 18.1 Å². The zero-order valence-corrected chi connectivity index (χ0v) is 13.4. The molecule has 1 fully saturated rings. The lowest BCUT2D eigenvalue weighted by Gasteiger charge is -2.35. The summed E-state index contributed by atoms with van der Waals surface area (Å²) in [6, 6.07) is 7.55. The lowest BCUT2D eigenvalue weighted by Crippen LogP contribution is -2.40. The number of halogens is 3. The summed E-state index contributed by atoms with van der Waals surface area (Å²) in [5.74, 6) is -4.47. The maximum atomic E-state index is 13.5. The first-order chi connectivity index (χ1) is 12.2. The van der Waals surface area contributed by atoms with Crippen molar-refractivity contribution >= 4 is 17.5 Å². The van der Waals surface area contributed by atoms with E-state index in [-0.39, 0.29) is 35.5 Å². The van der Waals surface area contributed by atoms with Crippen LogP contribution in [-0.4, -0.2) is 28.7 Å². The summed E-state index contributed by atoms with van der Waals surface area (Å²) in [6.07, 6.45) is -4.21. The van der Waals surface area contributed by atoms with Gasteiger partial charge in [-0.2, -0.15) is 18.4 Å². The van der Waals surface area contributed by atoms with Crippen molar-refractivity contribution in [1.29, 1.82) is 5.26 Å². The molecule has 1 heterocycles. The molecule has 1 saturated carbocycles. The standard InChI is InChI=1S/C18H13F3N2O3/c19-18(20,21)16-15(17(25)26)13(10-4-1-3-9(7-10)8-22)14-11(23-16)5-2-6-12(14)24/h1,3-4,7,13-14H,2,5-6H2,(H,25,26)/t13-,14?/m0/s1. The number of allylic oxidation sites excluding steroid dienone is 1. The van der Waals surface area contributed by atoms with Crippen molar-refractivity contribution in [2.24, 2.45) is 10.9 Å². The average Bonchev–Trinajstić information content (AvgIpc) is 2.59. The highest BCUT2D eigenvalue weighted by Gasteiger charge is 2.50. The van der Waals surface area contributed by atoms with Crippen LogP contribution in [0.1, 0.15) is 36.3 Å². The molecule has 1 unspecified atom stereocenters. The van der Waals surface area contributed by atoms with Gasteiger partial charge in [0.25, 0.3) is 0 Å². The van der Waals surface area contributed by atoms with Crippen LogP contribution in [0.5, 0.6) is 0 Å². The van der Waals surface area contributed by atoms with E-state index >= 15 is 0 Å². The number of fused-ring (bicyclic) bond motifs is 1. The normalized spacial score (nSPS) is 23.2. The number of carbonyl (C=O) groups excluding carboxylic acids is 1. The van der Waals surface area contributed by atoms with E-state index in [1.54, 1.807) is 0 Å². The van der Waals surface area contributed by atoms with Crippen LogP contribution in [-0.2, 0) is 9.59 Å². The highest BCUT2D eigenvalue weighted by molar-refractivity contribution is 6.11. The number of rotatable bonds is 2. The summed E-state index contributed by atoms with van der Waals surface area (Å²) < 4.78 is 40.4. The highest BCUT2D eigenvalue weighted by atomic mass is 19.4. The Kier molecular flexibility index (Phi) is 4.40. The smallest absolute Gasteiger partial charge is 0.433 e. The van der Waals surface area contributed by atoms with E-state index in [4.69, 9.17) is 5.26 Å². The average molecular weight is 362 g/mol. The van der Waals surface area contributed by atoms with Gasteiger partial charge in [0.2, 0.25) is 0 Å². The molecule has 0 spiro atoms. The molecular weight excluding hydrogens is 349 g/mol. The summed E-state index contributed by atoms with van der Waals surface area (Å²) in [6.45, 7) is 0. The largest absolute Gasteiger partial charge is 0.478 e. The molecule has 0 saturated heterocycles. The molecule has 0 bridgehead atoms. The molecule has 1 N–H and O–H groups in total. The number of Topliss-reactive ketones (excluding diaryl/α,β-unsaturated/α-hetero) is 1. The van der Waals surface area contributed by atoms with Crippen LogP contribution < -0.4 is 0 Å². The number of benzene rings is 1. The fraction of sp³-hybridized carbons (Fsp3) is 0.333. The van der Waals surface area contributed by atoms with Crippen molar-refractivity contribution in [2.45, 2.75) is 31.4 Å². The molecule has 134 valence electrons. The van der Waals surface area contributed by atoms with Crippen LogP contribution in [0.2, 0.25) is 0 Å². The molecule has 1 aliphatic carbocycles. The Hall–Kier alpha value is -2.95. The molecule has 3 rings (SSSR count). The molecule has 0 radical (unpaired) electrons. The van der Waals surface area contributed by atoms with Crippen LogP contribution in [0.3, 0.4) is 0 Å². The third kappa shape index (κ3) is 3.01. The fourth-order valence-corrected chi connectivity index (χ4v) is 3.57. The second-order valence-corrected chi connectivity index (χ2v) is 6.18. The molecule has 1 aromatic rings. The van der Waals surface area contributed by atoms with Gasteiger partial charge in [-0.05, 0) is 30.5 Å². The quantitative estimate of drug-likeness (QED) is 0.873. The topological polar surface area (TPSA) is 90.5 Å². The maximum absolute atomic E-state index is 13.5. The first kappa shape index (κ1) is 17.9. The van der Waals surface area contributed by atoms with Crippen LogP contribution >= 0.6 is 0 Å². The molecule has 0 amide bonds. The monoisotopic (exact) mass is 362 g/mol. The van der Waals surface area contributed by atoms with E-state index in [2.05, 4.69) is 4.99 Å². The van der Waals surface area contributed by atoms with Crippen molar-refractivity contribution in [1.82, 2.24) is 0 Å². The summed E-state index contributed by atoms with van der Waals surface area (Å²) in [4.78, 5) is 27.7. The molecule has 0 aromatic heterocycles. The Bertz CT molecular complexity index is 894. The third-order valence-electron chi connectivity index (χ3n) is 4.59. The maximum Gasteiger partial charge on any atom is 0.433 e. The number of carboxylic acids is 1. The molecule has 2 atom stereocenters. The zero-order chi connectivity index (χ0) is 19.1. The minimum atomic E-state index is -4.96. The second-order valence-electron chi connectivity index (χ2n) is 6.18. The van der Waals surface area contributed by atoms with Crippen molar-refractivity contribution < 1.29 is 27.9 Å². The van der Waals surface area contributed by atoms with Gasteiger partial charge >= 0.3 is 12.1 Å². The van der Waals surface area contributed by atoms with E-state index in [0.717, 1.165) is 0 Å². The first-order valence-corrected chi connectivity index (χ1v) is 7.89. The van der Waals surface area contributed by atoms with Crippen molar-refractivity contribution in [2.75, 3.05) is 0 Å². The van der Waals surface area contributed by atoms with E-state index < -0.39 is 35.3 Å². The number of aliphatic imine (C=N–C) groups is 1. The summed E-state index contributed by atoms with van der Waals surface area (Å²) in [7, 11) is 0. The van der Waals surface area contributed by atoms with Gasteiger partial charge in [0.05, 0.1) is 23.1 Å². The third-order valence-corrected chi connectivity index (χ3v) is 4.59. The minimum Gasteiger partial charge on any atom is -0.478 e. The van der Waals surface area contributed by atoms with Gasteiger partial charge in [-0.3, -0.25) is 9.79 Å². The fourth-order valence-electron chi connectivity index (χ4n) is 3.57. The molecule has 8 heteroatoms. The Balaban J connectivity index is 2.30. The number of alkyl halides is 3. The number of hydrogen-bond acceptors (Lipinski definition) is 4. The molecular formula is C18H13F3N2O3. The van der Waals surface area contributed by atoms with Gasteiger partial charge in [0.15, 0.2) is 5.70 Å².